The standard InChI is InChI=1S/C15H16O5/c1-4-18-15(17)10(3)19-11-5-6-13-12(8-11)9(2)7-14(16)20-13/h5-8,10H,4H2,1-3H3/t10-/m0/s1. The Morgan fingerprint density at radius 2 is 2.10 bits per heavy atom. The number of hydrogen-bond donors (Lipinski definition) is 0. The zero-order chi connectivity index (χ0) is 14.7. The lowest BCUT2D eigenvalue weighted by Gasteiger charge is -2.13. The van der Waals surface area contributed by atoms with Gasteiger partial charge < -0.3 is 13.9 Å². The van der Waals surface area contributed by atoms with Crippen molar-refractivity contribution in [2.24, 2.45) is 0 Å². The van der Waals surface area contributed by atoms with Gasteiger partial charge in [-0.1, -0.05) is 0 Å². The van der Waals surface area contributed by atoms with E-state index in [0.717, 1.165) is 10.9 Å². The number of ether oxygens (including phenoxy) is 2. The number of fused-ring (bicyclic) bond motifs is 1. The van der Waals surface area contributed by atoms with Gasteiger partial charge in [0.1, 0.15) is 11.3 Å². The number of aryl methyl sites for hydroxylation is 1. The van der Waals surface area contributed by atoms with Crippen LogP contribution in [-0.2, 0) is 9.53 Å². The van der Waals surface area contributed by atoms with Crippen molar-refractivity contribution in [3.8, 4) is 5.75 Å². The highest BCUT2D eigenvalue weighted by molar-refractivity contribution is 5.81. The van der Waals surface area contributed by atoms with Gasteiger partial charge in [0.25, 0.3) is 0 Å². The lowest BCUT2D eigenvalue weighted by molar-refractivity contribution is -0.150. The Morgan fingerprint density at radius 3 is 2.80 bits per heavy atom. The van der Waals surface area contributed by atoms with Crippen LogP contribution in [0.1, 0.15) is 19.4 Å². The number of esters is 1. The van der Waals surface area contributed by atoms with Crippen LogP contribution in [0.25, 0.3) is 11.0 Å². The van der Waals surface area contributed by atoms with E-state index in [-0.39, 0.29) is 5.63 Å². The molecule has 20 heavy (non-hydrogen) atoms. The molecule has 5 heteroatoms. The van der Waals surface area contributed by atoms with Gasteiger partial charge >= 0.3 is 11.6 Å². The largest absolute Gasteiger partial charge is 0.479 e. The lowest BCUT2D eigenvalue weighted by Crippen LogP contribution is -2.26. The Balaban J connectivity index is 2.28. The third-order valence-corrected chi connectivity index (χ3v) is 2.85. The average molecular weight is 276 g/mol. The van der Waals surface area contributed by atoms with Gasteiger partial charge in [-0.15, -0.1) is 0 Å². The topological polar surface area (TPSA) is 65.7 Å². The first-order chi connectivity index (χ1) is 9.51. The summed E-state index contributed by atoms with van der Waals surface area (Å²) in [6.45, 7) is 5.50. The zero-order valence-electron chi connectivity index (χ0n) is 11.6. The van der Waals surface area contributed by atoms with Gasteiger partial charge in [0.15, 0.2) is 6.10 Å². The Labute approximate surface area is 116 Å². The maximum absolute atomic E-state index is 11.5. The van der Waals surface area contributed by atoms with E-state index in [9.17, 15) is 9.59 Å². The smallest absolute Gasteiger partial charge is 0.347 e. The minimum absolute atomic E-state index is 0.314. The summed E-state index contributed by atoms with van der Waals surface area (Å²) in [7, 11) is 0. The molecule has 0 N–H and O–H groups in total. The Kier molecular flexibility index (Phi) is 4.08. The first kappa shape index (κ1) is 14.1. The van der Waals surface area contributed by atoms with Crippen LogP contribution >= 0.6 is 0 Å². The van der Waals surface area contributed by atoms with Crippen LogP contribution in [-0.4, -0.2) is 18.7 Å². The first-order valence-electron chi connectivity index (χ1n) is 6.39. The molecule has 0 aliphatic rings. The number of hydrogen-bond acceptors (Lipinski definition) is 5. The van der Waals surface area contributed by atoms with Crippen molar-refractivity contribution in [3.63, 3.8) is 0 Å². The molecule has 0 amide bonds. The fraction of sp³-hybridized carbons (Fsp3) is 0.333. The second-order valence-corrected chi connectivity index (χ2v) is 4.42. The molecule has 2 rings (SSSR count). The molecule has 1 heterocycles. The number of rotatable bonds is 4. The third-order valence-electron chi connectivity index (χ3n) is 2.85. The van der Waals surface area contributed by atoms with E-state index in [1.165, 1.54) is 6.07 Å². The van der Waals surface area contributed by atoms with Gasteiger partial charge in [0.2, 0.25) is 0 Å². The fourth-order valence-electron chi connectivity index (χ4n) is 1.88. The zero-order valence-corrected chi connectivity index (χ0v) is 11.6. The maximum Gasteiger partial charge on any atom is 0.347 e. The molecule has 0 unspecified atom stereocenters. The van der Waals surface area contributed by atoms with Crippen LogP contribution in [0.2, 0.25) is 0 Å². The molecule has 1 aromatic heterocycles. The van der Waals surface area contributed by atoms with Gasteiger partial charge in [-0.05, 0) is 44.5 Å². The van der Waals surface area contributed by atoms with Gasteiger partial charge in [0, 0.05) is 11.5 Å². The van der Waals surface area contributed by atoms with Crippen LogP contribution < -0.4 is 10.4 Å². The van der Waals surface area contributed by atoms with Gasteiger partial charge in [-0.25, -0.2) is 9.59 Å². The summed E-state index contributed by atoms with van der Waals surface area (Å²) in [5.41, 5.74) is 0.903. The molecule has 0 spiro atoms. The van der Waals surface area contributed by atoms with Crippen LogP contribution in [0, 0.1) is 6.92 Å². The molecular weight excluding hydrogens is 260 g/mol. The second kappa shape index (κ2) is 5.77. The molecule has 5 nitrogen and oxygen atoms in total. The SMILES string of the molecule is CCOC(=O)[C@H](C)Oc1ccc2oc(=O)cc(C)c2c1. The van der Waals surface area contributed by atoms with Crippen molar-refractivity contribution in [3.05, 3.63) is 40.2 Å². The van der Waals surface area contributed by atoms with E-state index in [2.05, 4.69) is 0 Å². The number of carbonyl (C=O) groups excluding carboxylic acids is 1. The van der Waals surface area contributed by atoms with Crippen molar-refractivity contribution in [1.82, 2.24) is 0 Å². The number of benzene rings is 1. The van der Waals surface area contributed by atoms with Crippen molar-refractivity contribution in [1.29, 1.82) is 0 Å². The van der Waals surface area contributed by atoms with Gasteiger partial charge in [0.05, 0.1) is 6.61 Å². The maximum atomic E-state index is 11.5. The van der Waals surface area contributed by atoms with Gasteiger partial charge in [-0.2, -0.15) is 0 Å². The minimum atomic E-state index is -0.691. The van der Waals surface area contributed by atoms with Crippen molar-refractivity contribution >= 4 is 16.9 Å². The molecule has 106 valence electrons. The molecule has 0 fully saturated rings. The van der Waals surface area contributed by atoms with Gasteiger partial charge in [-0.3, -0.25) is 0 Å². The van der Waals surface area contributed by atoms with Crippen molar-refractivity contribution < 1.29 is 18.7 Å². The van der Waals surface area contributed by atoms with Crippen LogP contribution in [0.5, 0.6) is 5.75 Å². The van der Waals surface area contributed by atoms with E-state index >= 15 is 0 Å². The molecule has 0 aliphatic heterocycles. The fourth-order valence-corrected chi connectivity index (χ4v) is 1.88. The Morgan fingerprint density at radius 1 is 1.35 bits per heavy atom. The summed E-state index contributed by atoms with van der Waals surface area (Å²) < 4.78 is 15.5. The summed E-state index contributed by atoms with van der Waals surface area (Å²) in [4.78, 5) is 22.8. The normalized spacial score (nSPS) is 12.2. The van der Waals surface area contributed by atoms with Crippen molar-refractivity contribution in [2.75, 3.05) is 6.61 Å². The predicted octanol–water partition coefficient (Wildman–Crippen LogP) is 2.43. The average Bonchev–Trinajstić information content (AvgIpc) is 2.39. The van der Waals surface area contributed by atoms with E-state index in [0.29, 0.717) is 17.9 Å². The Bertz CT molecular complexity index is 686. The molecule has 0 saturated heterocycles. The molecule has 0 bridgehead atoms. The molecule has 1 aromatic carbocycles. The van der Waals surface area contributed by atoms with E-state index < -0.39 is 12.1 Å². The molecule has 0 saturated carbocycles. The van der Waals surface area contributed by atoms with E-state index in [1.807, 2.05) is 6.92 Å². The highest BCUT2D eigenvalue weighted by Gasteiger charge is 2.16. The molecule has 1 atom stereocenters. The van der Waals surface area contributed by atoms with Crippen LogP contribution in [0.15, 0.2) is 33.5 Å². The summed E-state index contributed by atoms with van der Waals surface area (Å²) in [6, 6.07) is 6.46. The molecular formula is C15H16O5. The predicted molar refractivity (Wildman–Crippen MR) is 73.9 cm³/mol. The Hall–Kier alpha value is -2.30. The third kappa shape index (κ3) is 2.99. The summed E-state index contributed by atoms with van der Waals surface area (Å²) >= 11 is 0. The minimum Gasteiger partial charge on any atom is -0.479 e. The monoisotopic (exact) mass is 276 g/mol. The molecule has 0 aliphatic carbocycles. The van der Waals surface area contributed by atoms with Crippen LogP contribution in [0.4, 0.5) is 0 Å². The summed E-state index contributed by atoms with van der Waals surface area (Å²) in [6.07, 6.45) is -0.691. The van der Waals surface area contributed by atoms with E-state index in [4.69, 9.17) is 13.9 Å². The molecule has 0 radical (unpaired) electrons. The number of carbonyl (C=O) groups is 1. The lowest BCUT2D eigenvalue weighted by atomic mass is 10.1. The first-order valence-corrected chi connectivity index (χ1v) is 6.39. The van der Waals surface area contributed by atoms with Crippen LogP contribution in [0.3, 0.4) is 0 Å². The highest BCUT2D eigenvalue weighted by atomic mass is 16.6. The second-order valence-electron chi connectivity index (χ2n) is 4.42. The highest BCUT2D eigenvalue weighted by Crippen LogP contribution is 2.23. The van der Waals surface area contributed by atoms with Crippen molar-refractivity contribution in [2.45, 2.75) is 26.9 Å². The summed E-state index contributed by atoms with van der Waals surface area (Å²) in [5, 5.41) is 0.776. The molecule has 2 aromatic rings. The van der Waals surface area contributed by atoms with E-state index in [1.54, 1.807) is 32.0 Å². The quantitative estimate of drug-likeness (QED) is 0.634. The summed E-state index contributed by atoms with van der Waals surface area (Å²) in [5.74, 6) is 0.110.